The van der Waals surface area contributed by atoms with Crippen molar-refractivity contribution in [3.05, 3.63) is 78.4 Å². The van der Waals surface area contributed by atoms with Crippen molar-refractivity contribution >= 4 is 11.6 Å². The first-order valence-corrected chi connectivity index (χ1v) is 10.5. The monoisotopic (exact) mass is 468 g/mol. The second kappa shape index (κ2) is 8.69. The number of pyridine rings is 2. The molecule has 3 aromatic heterocycles. The highest BCUT2D eigenvalue weighted by atomic mass is 19.4. The quantitative estimate of drug-likeness (QED) is 0.478. The molecule has 0 saturated carbocycles. The summed E-state index contributed by atoms with van der Waals surface area (Å²) in [5.41, 5.74) is 4.03. The number of nitrogens with zero attached hydrogens (tertiary/aromatic N) is 3. The summed E-state index contributed by atoms with van der Waals surface area (Å²) in [5.74, 6) is 0.161. The Labute approximate surface area is 192 Å². The predicted octanol–water partition coefficient (Wildman–Crippen LogP) is 4.07. The van der Waals surface area contributed by atoms with Crippen LogP contribution in [-0.4, -0.2) is 45.7 Å². The molecular weight excluding hydrogens is 449 g/mol. The molecule has 0 spiro atoms. The third-order valence-electron chi connectivity index (χ3n) is 5.44. The number of amides is 1. The van der Waals surface area contributed by atoms with Gasteiger partial charge in [0.05, 0.1) is 11.6 Å². The van der Waals surface area contributed by atoms with Crippen LogP contribution in [0.5, 0.6) is 11.6 Å². The molecule has 0 bridgehead atoms. The van der Waals surface area contributed by atoms with Crippen LogP contribution < -0.4 is 14.8 Å². The number of imidazole rings is 1. The molecule has 1 aliphatic rings. The lowest BCUT2D eigenvalue weighted by Crippen LogP contribution is -2.42. The normalized spacial score (nSPS) is 15.4. The molecule has 1 aliphatic heterocycles. The van der Waals surface area contributed by atoms with Crippen LogP contribution in [0.3, 0.4) is 0 Å². The van der Waals surface area contributed by atoms with E-state index in [2.05, 4.69) is 20.0 Å². The number of ether oxygens (including phenoxy) is 2. The molecule has 10 heteroatoms. The van der Waals surface area contributed by atoms with Gasteiger partial charge in [0.25, 0.3) is 5.91 Å². The summed E-state index contributed by atoms with van der Waals surface area (Å²) >= 11 is 0. The third kappa shape index (κ3) is 4.66. The van der Waals surface area contributed by atoms with Crippen molar-refractivity contribution in [2.24, 2.45) is 0 Å². The van der Waals surface area contributed by atoms with Gasteiger partial charge in [-0.3, -0.25) is 4.79 Å². The van der Waals surface area contributed by atoms with Gasteiger partial charge in [-0.05, 0) is 35.4 Å². The summed E-state index contributed by atoms with van der Waals surface area (Å²) in [6.45, 7) is -1.15. The maximum Gasteiger partial charge on any atom is 0.422 e. The first-order chi connectivity index (χ1) is 16.4. The van der Waals surface area contributed by atoms with Crippen LogP contribution in [0.4, 0.5) is 13.2 Å². The van der Waals surface area contributed by atoms with Gasteiger partial charge < -0.3 is 19.2 Å². The minimum atomic E-state index is -4.46. The first kappa shape index (κ1) is 21.7. The van der Waals surface area contributed by atoms with E-state index < -0.39 is 18.7 Å². The topological polar surface area (TPSA) is 77.8 Å². The number of aromatic nitrogens is 3. The van der Waals surface area contributed by atoms with Crippen LogP contribution >= 0.6 is 0 Å². The maximum atomic E-state index is 12.7. The molecule has 34 heavy (non-hydrogen) atoms. The summed E-state index contributed by atoms with van der Waals surface area (Å²) in [5, 5.41) is 2.92. The molecule has 4 aromatic rings. The van der Waals surface area contributed by atoms with E-state index in [1.807, 2.05) is 47.1 Å². The molecule has 1 aromatic carbocycles. The Kier molecular flexibility index (Phi) is 5.56. The van der Waals surface area contributed by atoms with Crippen LogP contribution in [0, 0.1) is 0 Å². The number of hydrogen-bond donors (Lipinski definition) is 1. The average molecular weight is 468 g/mol. The predicted molar refractivity (Wildman–Crippen MR) is 117 cm³/mol. The molecule has 1 amide bonds. The van der Waals surface area contributed by atoms with Gasteiger partial charge in [-0.25, -0.2) is 9.97 Å². The summed E-state index contributed by atoms with van der Waals surface area (Å²) < 4.78 is 49.2. The third-order valence-corrected chi connectivity index (χ3v) is 5.44. The molecule has 0 aliphatic carbocycles. The van der Waals surface area contributed by atoms with Gasteiger partial charge in [0, 0.05) is 42.8 Å². The van der Waals surface area contributed by atoms with Crippen molar-refractivity contribution in [2.75, 3.05) is 13.2 Å². The number of nitrogens with one attached hydrogen (secondary N) is 1. The Hall–Kier alpha value is -4.08. The van der Waals surface area contributed by atoms with E-state index in [-0.39, 0.29) is 17.5 Å². The number of fused-ring (bicyclic) bond motifs is 2. The molecule has 0 unspecified atom stereocenters. The van der Waals surface area contributed by atoms with Gasteiger partial charge in [-0.15, -0.1) is 0 Å². The molecule has 5 rings (SSSR count). The first-order valence-electron chi connectivity index (χ1n) is 10.5. The molecule has 4 heterocycles. The summed E-state index contributed by atoms with van der Waals surface area (Å²) in [7, 11) is 0. The fourth-order valence-electron chi connectivity index (χ4n) is 3.87. The van der Waals surface area contributed by atoms with Gasteiger partial charge in [-0.2, -0.15) is 13.2 Å². The van der Waals surface area contributed by atoms with Crippen LogP contribution in [0.2, 0.25) is 0 Å². The number of carbonyl (C=O) groups excluding carboxylic acids is 1. The van der Waals surface area contributed by atoms with Crippen LogP contribution in [0.25, 0.3) is 16.8 Å². The minimum Gasteiger partial charge on any atom is -0.491 e. The molecular formula is C24H19F3N4O3. The zero-order chi connectivity index (χ0) is 23.7. The van der Waals surface area contributed by atoms with E-state index in [9.17, 15) is 18.0 Å². The van der Waals surface area contributed by atoms with E-state index in [0.717, 1.165) is 28.1 Å². The van der Waals surface area contributed by atoms with E-state index in [0.29, 0.717) is 13.0 Å². The number of halogens is 3. The van der Waals surface area contributed by atoms with E-state index in [1.165, 1.54) is 18.3 Å². The number of carbonyl (C=O) groups is 1. The van der Waals surface area contributed by atoms with Gasteiger partial charge >= 0.3 is 6.18 Å². The molecule has 1 atom stereocenters. The molecule has 0 fully saturated rings. The summed E-state index contributed by atoms with van der Waals surface area (Å²) in [6, 6.07) is 12.1. The average Bonchev–Trinajstić information content (AvgIpc) is 3.30. The van der Waals surface area contributed by atoms with E-state index in [4.69, 9.17) is 4.74 Å². The lowest BCUT2D eigenvalue weighted by Gasteiger charge is -2.28. The standard InChI is InChI=1S/C24H19F3N4O3/c25-24(26,27)14-34-22-7-5-15(11-29-22)23(32)30-17-10-19-18(2-1-3-20(19)33-13-17)16-4-6-21-28-8-9-31(21)12-16/h1-9,11-12,17H,10,13-14H2,(H,30,32)/t17-/m0/s1. The Morgan fingerprint density at radius 2 is 2.06 bits per heavy atom. The summed E-state index contributed by atoms with van der Waals surface area (Å²) in [4.78, 5) is 20.7. The Morgan fingerprint density at radius 3 is 2.85 bits per heavy atom. The highest BCUT2D eigenvalue weighted by Gasteiger charge is 2.29. The van der Waals surface area contributed by atoms with Crippen LogP contribution in [0.1, 0.15) is 15.9 Å². The SMILES string of the molecule is O=C(N[C@@H]1COc2cccc(-c3ccc4nccn4c3)c2C1)c1ccc(OCC(F)(F)F)nc1. The fourth-order valence-corrected chi connectivity index (χ4v) is 3.87. The second-order valence-electron chi connectivity index (χ2n) is 7.87. The van der Waals surface area contributed by atoms with Crippen molar-refractivity contribution in [3.63, 3.8) is 0 Å². The van der Waals surface area contributed by atoms with E-state index in [1.54, 1.807) is 6.20 Å². The van der Waals surface area contributed by atoms with Crippen molar-refractivity contribution < 1.29 is 27.4 Å². The van der Waals surface area contributed by atoms with Gasteiger partial charge in [0.15, 0.2) is 6.61 Å². The lowest BCUT2D eigenvalue weighted by molar-refractivity contribution is -0.154. The number of rotatable bonds is 5. The van der Waals surface area contributed by atoms with Gasteiger partial charge in [0.2, 0.25) is 5.88 Å². The highest BCUT2D eigenvalue weighted by molar-refractivity contribution is 5.94. The Bertz CT molecular complexity index is 1340. The van der Waals surface area contributed by atoms with Gasteiger partial charge in [-0.1, -0.05) is 12.1 Å². The van der Waals surface area contributed by atoms with Crippen molar-refractivity contribution in [1.82, 2.24) is 19.7 Å². The lowest BCUT2D eigenvalue weighted by atomic mass is 9.93. The molecule has 174 valence electrons. The van der Waals surface area contributed by atoms with Crippen LogP contribution in [-0.2, 0) is 6.42 Å². The minimum absolute atomic E-state index is 0.205. The number of hydrogen-bond acceptors (Lipinski definition) is 5. The number of alkyl halides is 3. The molecule has 7 nitrogen and oxygen atoms in total. The van der Waals surface area contributed by atoms with Crippen LogP contribution in [0.15, 0.2) is 67.3 Å². The largest absolute Gasteiger partial charge is 0.491 e. The summed E-state index contributed by atoms with van der Waals surface area (Å²) in [6.07, 6.45) is 2.88. The van der Waals surface area contributed by atoms with E-state index >= 15 is 0 Å². The van der Waals surface area contributed by atoms with Crippen molar-refractivity contribution in [1.29, 1.82) is 0 Å². The maximum absolute atomic E-state index is 12.7. The van der Waals surface area contributed by atoms with Crippen molar-refractivity contribution in [3.8, 4) is 22.8 Å². The fraction of sp³-hybridized carbons (Fsp3) is 0.208. The second-order valence-corrected chi connectivity index (χ2v) is 7.87. The number of benzene rings is 1. The smallest absolute Gasteiger partial charge is 0.422 e. The zero-order valence-electron chi connectivity index (χ0n) is 17.7. The molecule has 0 radical (unpaired) electrons. The van der Waals surface area contributed by atoms with Crippen molar-refractivity contribution in [2.45, 2.75) is 18.6 Å². The Balaban J connectivity index is 1.30. The molecule has 1 N–H and O–H groups in total. The highest BCUT2D eigenvalue weighted by Crippen LogP contribution is 2.34. The zero-order valence-corrected chi connectivity index (χ0v) is 17.7. The Morgan fingerprint density at radius 1 is 1.18 bits per heavy atom. The van der Waals surface area contributed by atoms with Gasteiger partial charge in [0.1, 0.15) is 18.0 Å². The molecule has 0 saturated heterocycles.